The standard InChI is InChI=1S/C12H20N4O3S/c1-7-4-5-10(12(13)17)6-16(7)20(18,19)11-8(2)14-15-9(11)3/h7,10H,4-6H2,1-3H3,(H2,13,17)(H,14,15). The number of aromatic nitrogens is 2. The van der Waals surface area contributed by atoms with Crippen molar-refractivity contribution in [2.75, 3.05) is 6.54 Å². The number of aromatic amines is 1. The third-order valence-corrected chi connectivity index (χ3v) is 6.10. The first-order valence-electron chi connectivity index (χ1n) is 6.58. The Hall–Kier alpha value is -1.41. The molecule has 2 heterocycles. The van der Waals surface area contributed by atoms with Gasteiger partial charge in [-0.1, -0.05) is 0 Å². The van der Waals surface area contributed by atoms with Gasteiger partial charge in [-0.25, -0.2) is 8.42 Å². The van der Waals surface area contributed by atoms with Gasteiger partial charge in [-0.05, 0) is 33.6 Å². The van der Waals surface area contributed by atoms with Crippen LogP contribution in [0.3, 0.4) is 0 Å². The van der Waals surface area contributed by atoms with Crippen LogP contribution in [0.25, 0.3) is 0 Å². The highest BCUT2D eigenvalue weighted by Gasteiger charge is 2.38. The van der Waals surface area contributed by atoms with Crippen LogP contribution in [0.2, 0.25) is 0 Å². The number of hydrogen-bond acceptors (Lipinski definition) is 4. The predicted molar refractivity (Wildman–Crippen MR) is 73.3 cm³/mol. The Bertz CT molecular complexity index is 603. The van der Waals surface area contributed by atoms with Gasteiger partial charge in [0.15, 0.2) is 0 Å². The molecular weight excluding hydrogens is 280 g/mol. The number of hydrogen-bond donors (Lipinski definition) is 2. The lowest BCUT2D eigenvalue weighted by Crippen LogP contribution is -2.48. The summed E-state index contributed by atoms with van der Waals surface area (Å²) in [6.07, 6.45) is 1.26. The highest BCUT2D eigenvalue weighted by Crippen LogP contribution is 2.30. The Labute approximate surface area is 118 Å². The number of H-pyrrole nitrogens is 1. The minimum Gasteiger partial charge on any atom is -0.369 e. The first-order chi connectivity index (χ1) is 9.25. The monoisotopic (exact) mass is 300 g/mol. The molecule has 20 heavy (non-hydrogen) atoms. The van der Waals surface area contributed by atoms with Crippen LogP contribution >= 0.6 is 0 Å². The van der Waals surface area contributed by atoms with Crippen molar-refractivity contribution < 1.29 is 13.2 Å². The van der Waals surface area contributed by atoms with E-state index in [2.05, 4.69) is 10.2 Å². The van der Waals surface area contributed by atoms with Crippen molar-refractivity contribution in [3.8, 4) is 0 Å². The first-order valence-corrected chi connectivity index (χ1v) is 8.02. The summed E-state index contributed by atoms with van der Waals surface area (Å²) >= 11 is 0. The maximum atomic E-state index is 12.8. The Balaban J connectivity index is 2.40. The van der Waals surface area contributed by atoms with Crippen molar-refractivity contribution >= 4 is 15.9 Å². The second-order valence-electron chi connectivity index (χ2n) is 5.36. The van der Waals surface area contributed by atoms with E-state index >= 15 is 0 Å². The second kappa shape index (κ2) is 5.17. The third-order valence-electron chi connectivity index (χ3n) is 3.85. The maximum absolute atomic E-state index is 12.8. The van der Waals surface area contributed by atoms with E-state index in [1.165, 1.54) is 4.31 Å². The number of carbonyl (C=O) groups is 1. The molecule has 0 saturated carbocycles. The molecule has 0 aromatic carbocycles. The molecule has 1 aliphatic rings. The number of amides is 1. The summed E-state index contributed by atoms with van der Waals surface area (Å²) in [5.74, 6) is -0.869. The van der Waals surface area contributed by atoms with Crippen LogP contribution < -0.4 is 5.73 Å². The molecule has 2 unspecified atom stereocenters. The number of nitrogens with zero attached hydrogens (tertiary/aromatic N) is 2. The molecule has 0 spiro atoms. The number of piperidine rings is 1. The van der Waals surface area contributed by atoms with E-state index in [1.807, 2.05) is 6.92 Å². The van der Waals surface area contributed by atoms with E-state index in [4.69, 9.17) is 5.73 Å². The normalized spacial score (nSPS) is 24.8. The molecule has 8 heteroatoms. The molecule has 0 aliphatic carbocycles. The molecule has 0 radical (unpaired) electrons. The van der Waals surface area contributed by atoms with E-state index in [-0.39, 0.29) is 17.5 Å². The third kappa shape index (κ3) is 2.45. The molecule has 1 saturated heterocycles. The van der Waals surface area contributed by atoms with Crippen molar-refractivity contribution in [3.05, 3.63) is 11.4 Å². The summed E-state index contributed by atoms with van der Waals surface area (Å²) in [6.45, 7) is 5.31. The molecule has 7 nitrogen and oxygen atoms in total. The van der Waals surface area contributed by atoms with Gasteiger partial charge in [0, 0.05) is 12.6 Å². The van der Waals surface area contributed by atoms with E-state index in [1.54, 1.807) is 13.8 Å². The van der Waals surface area contributed by atoms with Crippen LogP contribution in [-0.2, 0) is 14.8 Å². The molecule has 2 atom stereocenters. The van der Waals surface area contributed by atoms with E-state index in [9.17, 15) is 13.2 Å². The second-order valence-corrected chi connectivity index (χ2v) is 7.19. The zero-order valence-electron chi connectivity index (χ0n) is 11.9. The maximum Gasteiger partial charge on any atom is 0.246 e. The molecule has 1 aliphatic heterocycles. The molecular formula is C12H20N4O3S. The Kier molecular flexibility index (Phi) is 3.88. The fourth-order valence-electron chi connectivity index (χ4n) is 2.68. The lowest BCUT2D eigenvalue weighted by atomic mass is 9.95. The Morgan fingerprint density at radius 3 is 2.55 bits per heavy atom. The van der Waals surface area contributed by atoms with Gasteiger partial charge in [0.05, 0.1) is 17.3 Å². The topological polar surface area (TPSA) is 109 Å². The lowest BCUT2D eigenvalue weighted by Gasteiger charge is -2.35. The zero-order chi connectivity index (χ0) is 15.1. The minimum atomic E-state index is -3.66. The van der Waals surface area contributed by atoms with Crippen LogP contribution in [0.15, 0.2) is 4.90 Å². The van der Waals surface area contributed by atoms with E-state index in [0.717, 1.165) is 0 Å². The van der Waals surface area contributed by atoms with Crippen molar-refractivity contribution in [2.24, 2.45) is 11.7 Å². The zero-order valence-corrected chi connectivity index (χ0v) is 12.7. The molecule has 3 N–H and O–H groups in total. The van der Waals surface area contributed by atoms with Crippen molar-refractivity contribution in [1.82, 2.24) is 14.5 Å². The number of nitrogens with one attached hydrogen (secondary N) is 1. The smallest absolute Gasteiger partial charge is 0.246 e. The van der Waals surface area contributed by atoms with Gasteiger partial charge in [-0.3, -0.25) is 9.89 Å². The van der Waals surface area contributed by atoms with Gasteiger partial charge in [-0.15, -0.1) is 0 Å². The fraction of sp³-hybridized carbons (Fsp3) is 0.667. The van der Waals surface area contributed by atoms with Crippen molar-refractivity contribution in [3.63, 3.8) is 0 Å². The van der Waals surface area contributed by atoms with E-state index < -0.39 is 21.8 Å². The van der Waals surface area contributed by atoms with Crippen LogP contribution in [-0.4, -0.2) is 41.4 Å². The van der Waals surface area contributed by atoms with Crippen LogP contribution in [0.5, 0.6) is 0 Å². The molecule has 1 amide bonds. The first kappa shape index (κ1) is 15.0. The van der Waals surface area contributed by atoms with Gasteiger partial charge in [0.2, 0.25) is 15.9 Å². The summed E-state index contributed by atoms with van der Waals surface area (Å²) in [6, 6.07) is -0.149. The van der Waals surface area contributed by atoms with E-state index in [0.29, 0.717) is 24.2 Å². The highest BCUT2D eigenvalue weighted by molar-refractivity contribution is 7.89. The van der Waals surface area contributed by atoms with Gasteiger partial charge < -0.3 is 5.73 Å². The quantitative estimate of drug-likeness (QED) is 0.836. The lowest BCUT2D eigenvalue weighted by molar-refractivity contribution is -0.123. The number of aryl methyl sites for hydroxylation is 2. The Morgan fingerprint density at radius 2 is 2.05 bits per heavy atom. The molecule has 2 rings (SSSR count). The molecule has 1 aromatic rings. The number of sulfonamides is 1. The summed E-state index contributed by atoms with van der Waals surface area (Å²) in [5, 5.41) is 6.62. The summed E-state index contributed by atoms with van der Waals surface area (Å²) in [4.78, 5) is 11.5. The number of nitrogens with two attached hydrogens (primary N) is 1. The summed E-state index contributed by atoms with van der Waals surface area (Å²) < 4.78 is 26.9. The van der Waals surface area contributed by atoms with Gasteiger partial charge >= 0.3 is 0 Å². The largest absolute Gasteiger partial charge is 0.369 e. The van der Waals surface area contributed by atoms with Gasteiger partial charge in [-0.2, -0.15) is 9.40 Å². The highest BCUT2D eigenvalue weighted by atomic mass is 32.2. The van der Waals surface area contributed by atoms with Gasteiger partial charge in [0.25, 0.3) is 0 Å². The fourth-order valence-corrected chi connectivity index (χ4v) is 4.72. The number of carbonyl (C=O) groups excluding carboxylic acids is 1. The minimum absolute atomic E-state index is 0.142. The number of rotatable bonds is 3. The molecule has 0 bridgehead atoms. The van der Waals surface area contributed by atoms with Gasteiger partial charge in [0.1, 0.15) is 4.90 Å². The molecule has 112 valence electrons. The summed E-state index contributed by atoms with van der Waals surface area (Å²) in [5.41, 5.74) is 6.27. The average Bonchev–Trinajstić information content (AvgIpc) is 2.69. The van der Waals surface area contributed by atoms with Crippen LogP contribution in [0.1, 0.15) is 31.2 Å². The summed E-state index contributed by atoms with van der Waals surface area (Å²) in [7, 11) is -3.66. The number of primary amides is 1. The predicted octanol–water partition coefficient (Wildman–Crippen LogP) is 0.301. The van der Waals surface area contributed by atoms with Crippen molar-refractivity contribution in [2.45, 2.75) is 44.6 Å². The average molecular weight is 300 g/mol. The molecule has 1 fully saturated rings. The van der Waals surface area contributed by atoms with Crippen molar-refractivity contribution in [1.29, 1.82) is 0 Å². The van der Waals surface area contributed by atoms with Crippen LogP contribution in [0, 0.1) is 19.8 Å². The Morgan fingerprint density at radius 1 is 1.40 bits per heavy atom. The molecule has 1 aromatic heterocycles. The SMILES string of the molecule is Cc1n[nH]c(C)c1S(=O)(=O)N1CC(C(N)=O)CCC1C. The van der Waals surface area contributed by atoms with Crippen LogP contribution in [0.4, 0.5) is 0 Å².